The van der Waals surface area contributed by atoms with Gasteiger partial charge in [-0.15, -0.1) is 0 Å². The minimum Gasteiger partial charge on any atom is -0.383 e. The zero-order chi connectivity index (χ0) is 13.1. The van der Waals surface area contributed by atoms with Crippen molar-refractivity contribution in [2.75, 3.05) is 5.73 Å². The maximum Gasteiger partial charge on any atom is 0.130 e. The van der Waals surface area contributed by atoms with Gasteiger partial charge in [-0.2, -0.15) is 0 Å². The predicted molar refractivity (Wildman–Crippen MR) is 71.2 cm³/mol. The third-order valence-electron chi connectivity index (χ3n) is 3.04. The molecule has 0 atom stereocenters. The molecule has 2 aromatic rings. The topological polar surface area (TPSA) is 69.6 Å². The lowest BCUT2D eigenvalue weighted by Crippen LogP contribution is -2.10. The molecule has 2 heterocycles. The molecular formula is C13H19N5. The molecule has 0 radical (unpaired) electrons. The molecule has 0 fully saturated rings. The van der Waals surface area contributed by atoms with Crippen molar-refractivity contribution in [1.82, 2.24) is 19.5 Å². The summed E-state index contributed by atoms with van der Waals surface area (Å²) in [6.45, 7) is 7.21. The number of imidazole rings is 1. The van der Waals surface area contributed by atoms with Crippen LogP contribution in [0.5, 0.6) is 0 Å². The summed E-state index contributed by atoms with van der Waals surface area (Å²) in [5, 5.41) is 0. The van der Waals surface area contributed by atoms with Crippen LogP contribution in [-0.2, 0) is 13.0 Å². The Balaban J connectivity index is 2.37. The van der Waals surface area contributed by atoms with E-state index in [1.165, 1.54) is 6.33 Å². The Morgan fingerprint density at radius 1 is 1.28 bits per heavy atom. The summed E-state index contributed by atoms with van der Waals surface area (Å²) < 4.78 is 2.11. The first-order valence-corrected chi connectivity index (χ1v) is 6.22. The molecule has 0 unspecified atom stereocenters. The van der Waals surface area contributed by atoms with Crippen LogP contribution in [0.15, 0.2) is 18.7 Å². The summed E-state index contributed by atoms with van der Waals surface area (Å²) in [6.07, 6.45) is 6.02. The van der Waals surface area contributed by atoms with Gasteiger partial charge in [0.25, 0.3) is 0 Å². The minimum absolute atomic E-state index is 0.311. The van der Waals surface area contributed by atoms with Crippen LogP contribution < -0.4 is 5.73 Å². The van der Waals surface area contributed by atoms with E-state index in [2.05, 4.69) is 40.3 Å². The Kier molecular flexibility index (Phi) is 3.60. The zero-order valence-electron chi connectivity index (χ0n) is 11.1. The van der Waals surface area contributed by atoms with Gasteiger partial charge in [0, 0.05) is 30.9 Å². The molecule has 0 aliphatic rings. The maximum atomic E-state index is 5.94. The molecule has 96 valence electrons. The first-order chi connectivity index (χ1) is 8.63. The number of aryl methyl sites for hydroxylation is 1. The summed E-state index contributed by atoms with van der Waals surface area (Å²) in [5.41, 5.74) is 7.94. The Morgan fingerprint density at radius 3 is 2.72 bits per heavy atom. The maximum absolute atomic E-state index is 5.94. The number of rotatable bonds is 4. The molecule has 2 N–H and O–H groups in total. The van der Waals surface area contributed by atoms with Crippen molar-refractivity contribution in [3.05, 3.63) is 35.8 Å². The van der Waals surface area contributed by atoms with Gasteiger partial charge in [-0.25, -0.2) is 15.0 Å². The van der Waals surface area contributed by atoms with E-state index in [-0.39, 0.29) is 0 Å². The van der Waals surface area contributed by atoms with Crippen molar-refractivity contribution < 1.29 is 0 Å². The second-order valence-corrected chi connectivity index (χ2v) is 4.58. The van der Waals surface area contributed by atoms with Crippen LogP contribution in [0.3, 0.4) is 0 Å². The lowest BCUT2D eigenvalue weighted by atomic mass is 10.00. The van der Waals surface area contributed by atoms with Gasteiger partial charge >= 0.3 is 0 Å². The van der Waals surface area contributed by atoms with Crippen molar-refractivity contribution in [2.45, 2.75) is 39.7 Å². The van der Waals surface area contributed by atoms with Gasteiger partial charge in [-0.05, 0) is 12.8 Å². The molecule has 0 spiro atoms. The Morgan fingerprint density at radius 2 is 2.06 bits per heavy atom. The molecule has 5 nitrogen and oxygen atoms in total. The lowest BCUT2D eigenvalue weighted by molar-refractivity contribution is 0.701. The van der Waals surface area contributed by atoms with Gasteiger partial charge in [0.2, 0.25) is 0 Å². The highest BCUT2D eigenvalue weighted by atomic mass is 15.1. The molecule has 0 amide bonds. The van der Waals surface area contributed by atoms with E-state index in [1.807, 2.05) is 12.4 Å². The number of nitrogen functional groups attached to an aromatic ring is 1. The third-order valence-corrected chi connectivity index (χ3v) is 3.04. The van der Waals surface area contributed by atoms with E-state index in [9.17, 15) is 0 Å². The SMILES string of the molecule is CCn1ccnc1Cc1ncnc(N)c1C(C)C. The van der Waals surface area contributed by atoms with E-state index in [0.717, 1.165) is 23.6 Å². The summed E-state index contributed by atoms with van der Waals surface area (Å²) >= 11 is 0. The fraction of sp³-hybridized carbons (Fsp3) is 0.462. The van der Waals surface area contributed by atoms with Gasteiger partial charge in [0.05, 0.1) is 5.69 Å². The molecule has 0 bridgehead atoms. The van der Waals surface area contributed by atoms with Crippen molar-refractivity contribution in [2.24, 2.45) is 0 Å². The standard InChI is InChI=1S/C13H19N5/c1-4-18-6-5-15-11(18)7-10-12(9(2)3)13(14)17-8-16-10/h5-6,8-9H,4,7H2,1-3H3,(H2,14,16,17). The third kappa shape index (κ3) is 2.34. The zero-order valence-corrected chi connectivity index (χ0v) is 11.1. The molecule has 5 heteroatoms. The summed E-state index contributed by atoms with van der Waals surface area (Å²) in [7, 11) is 0. The minimum atomic E-state index is 0.311. The van der Waals surface area contributed by atoms with Gasteiger partial charge in [0.15, 0.2) is 0 Å². The largest absolute Gasteiger partial charge is 0.383 e. The highest BCUT2D eigenvalue weighted by Crippen LogP contribution is 2.24. The molecule has 0 saturated heterocycles. The molecule has 0 saturated carbocycles. The van der Waals surface area contributed by atoms with Gasteiger partial charge in [-0.1, -0.05) is 13.8 Å². The quantitative estimate of drug-likeness (QED) is 0.894. The fourth-order valence-electron chi connectivity index (χ4n) is 2.16. The van der Waals surface area contributed by atoms with Crippen molar-refractivity contribution in [1.29, 1.82) is 0 Å². The summed E-state index contributed by atoms with van der Waals surface area (Å²) in [6, 6.07) is 0. The first-order valence-electron chi connectivity index (χ1n) is 6.22. The van der Waals surface area contributed by atoms with Crippen LogP contribution in [0, 0.1) is 0 Å². The number of hydrogen-bond acceptors (Lipinski definition) is 4. The monoisotopic (exact) mass is 245 g/mol. The Bertz CT molecular complexity index is 530. The van der Waals surface area contributed by atoms with Crippen LogP contribution in [-0.4, -0.2) is 19.5 Å². The normalized spacial score (nSPS) is 11.1. The van der Waals surface area contributed by atoms with Crippen molar-refractivity contribution in [3.8, 4) is 0 Å². The smallest absolute Gasteiger partial charge is 0.130 e. The van der Waals surface area contributed by atoms with E-state index >= 15 is 0 Å². The highest BCUT2D eigenvalue weighted by molar-refractivity contribution is 5.44. The van der Waals surface area contributed by atoms with Crippen LogP contribution in [0.1, 0.15) is 43.8 Å². The first kappa shape index (κ1) is 12.5. The van der Waals surface area contributed by atoms with E-state index in [1.54, 1.807) is 0 Å². The van der Waals surface area contributed by atoms with Crippen molar-refractivity contribution >= 4 is 5.82 Å². The van der Waals surface area contributed by atoms with Crippen LogP contribution in [0.4, 0.5) is 5.82 Å². The van der Waals surface area contributed by atoms with E-state index < -0.39 is 0 Å². The number of hydrogen-bond donors (Lipinski definition) is 1. The lowest BCUT2D eigenvalue weighted by Gasteiger charge is -2.13. The van der Waals surface area contributed by atoms with Gasteiger partial charge in [-0.3, -0.25) is 0 Å². The predicted octanol–water partition coefficient (Wildman–Crippen LogP) is 1.99. The summed E-state index contributed by atoms with van der Waals surface area (Å²) in [5.74, 6) is 1.90. The number of anilines is 1. The van der Waals surface area contributed by atoms with Crippen molar-refractivity contribution in [3.63, 3.8) is 0 Å². The van der Waals surface area contributed by atoms with Crippen LogP contribution >= 0.6 is 0 Å². The number of nitrogens with zero attached hydrogens (tertiary/aromatic N) is 4. The van der Waals surface area contributed by atoms with E-state index in [0.29, 0.717) is 18.2 Å². The second-order valence-electron chi connectivity index (χ2n) is 4.58. The van der Waals surface area contributed by atoms with Crippen LogP contribution in [0.2, 0.25) is 0 Å². The second kappa shape index (κ2) is 5.16. The fourth-order valence-corrected chi connectivity index (χ4v) is 2.16. The highest BCUT2D eigenvalue weighted by Gasteiger charge is 2.14. The molecule has 0 aromatic carbocycles. The molecule has 0 aliphatic carbocycles. The molecular weight excluding hydrogens is 226 g/mol. The Labute approximate surface area is 107 Å². The van der Waals surface area contributed by atoms with Gasteiger partial charge in [0.1, 0.15) is 18.0 Å². The number of nitrogens with two attached hydrogens (primary N) is 1. The molecule has 0 aliphatic heterocycles. The number of aromatic nitrogens is 4. The molecule has 2 aromatic heterocycles. The average molecular weight is 245 g/mol. The van der Waals surface area contributed by atoms with E-state index in [4.69, 9.17) is 5.73 Å². The van der Waals surface area contributed by atoms with Gasteiger partial charge < -0.3 is 10.3 Å². The summed E-state index contributed by atoms with van der Waals surface area (Å²) in [4.78, 5) is 12.8. The van der Waals surface area contributed by atoms with Crippen LogP contribution in [0.25, 0.3) is 0 Å². The average Bonchev–Trinajstić information content (AvgIpc) is 2.76. The molecule has 18 heavy (non-hydrogen) atoms. The molecule has 2 rings (SSSR count). The Hall–Kier alpha value is -1.91.